The van der Waals surface area contributed by atoms with Gasteiger partial charge in [-0.25, -0.2) is 0 Å². The van der Waals surface area contributed by atoms with Gasteiger partial charge in [-0.1, -0.05) is 30.7 Å². The van der Waals surface area contributed by atoms with Gasteiger partial charge in [-0.3, -0.25) is 4.79 Å². The maximum absolute atomic E-state index is 12.4. The van der Waals surface area contributed by atoms with E-state index < -0.39 is 30.4 Å². The summed E-state index contributed by atoms with van der Waals surface area (Å²) >= 11 is 6.01. The van der Waals surface area contributed by atoms with Gasteiger partial charge in [-0.2, -0.15) is 0 Å². The Hall–Kier alpha value is -0.980. The summed E-state index contributed by atoms with van der Waals surface area (Å²) in [5.74, 6) is -0.723. The summed E-state index contributed by atoms with van der Waals surface area (Å²) in [5.41, 5.74) is 0.936. The van der Waals surface area contributed by atoms with Crippen LogP contribution in [-0.4, -0.2) is 36.2 Å². The second-order valence-electron chi connectivity index (χ2n) is 6.65. The zero-order valence-corrected chi connectivity index (χ0v) is 14.9. The number of carbonyl (C=O) groups is 1. The monoisotopic (exact) mass is 354 g/mol. The number of carbonyl (C=O) groups excluding carboxylic acids is 1. The molecule has 4 atom stereocenters. The van der Waals surface area contributed by atoms with Crippen LogP contribution in [0.5, 0.6) is 0 Å². The summed E-state index contributed by atoms with van der Waals surface area (Å²) in [5, 5.41) is 0.650. The number of ketones is 1. The molecule has 0 saturated carbocycles. The fourth-order valence-corrected chi connectivity index (χ4v) is 3.34. The van der Waals surface area contributed by atoms with Gasteiger partial charge in [-0.05, 0) is 38.0 Å². The van der Waals surface area contributed by atoms with Gasteiger partial charge in [0.2, 0.25) is 0 Å². The lowest BCUT2D eigenvalue weighted by Gasteiger charge is -2.25. The number of hydrogen-bond donors (Lipinski definition) is 0. The maximum Gasteiger partial charge on any atom is 0.190 e. The number of rotatable bonds is 6. The van der Waals surface area contributed by atoms with Gasteiger partial charge in [0.15, 0.2) is 17.9 Å². The van der Waals surface area contributed by atoms with E-state index in [1.165, 1.54) is 0 Å². The van der Waals surface area contributed by atoms with E-state index in [0.717, 1.165) is 12.0 Å². The molecule has 0 aromatic heterocycles. The second-order valence-corrected chi connectivity index (χ2v) is 7.08. The first-order valence-electron chi connectivity index (χ1n) is 8.29. The number of ether oxygens (including phenoxy) is 4. The van der Waals surface area contributed by atoms with Crippen molar-refractivity contribution in [2.75, 3.05) is 0 Å². The summed E-state index contributed by atoms with van der Waals surface area (Å²) < 4.78 is 23.5. The van der Waals surface area contributed by atoms with Crippen molar-refractivity contribution in [3.8, 4) is 0 Å². The van der Waals surface area contributed by atoms with Crippen molar-refractivity contribution in [1.82, 2.24) is 0 Å². The van der Waals surface area contributed by atoms with Crippen molar-refractivity contribution >= 4 is 17.4 Å². The standard InChI is InChI=1S/C18H23ClO5/c1-4-6-13(20)14-15(16-17(22-14)24-18(2,3)23-16)21-10-11-7-5-8-12(19)9-11/h5,7-9,14-17H,4,6,10H2,1-3H3/t14-,15+,16-,17-/m1/s1. The fourth-order valence-electron chi connectivity index (χ4n) is 3.13. The first-order chi connectivity index (χ1) is 11.4. The van der Waals surface area contributed by atoms with Crippen molar-refractivity contribution in [2.24, 2.45) is 0 Å². The first kappa shape index (κ1) is 17.8. The number of Topliss-reactive ketones (excluding diaryl/α,β-unsaturated/α-hetero) is 1. The highest BCUT2D eigenvalue weighted by Crippen LogP contribution is 2.39. The minimum atomic E-state index is -0.744. The minimum absolute atomic E-state index is 0.0213. The van der Waals surface area contributed by atoms with E-state index in [9.17, 15) is 4.79 Å². The van der Waals surface area contributed by atoms with E-state index >= 15 is 0 Å². The average molecular weight is 355 g/mol. The van der Waals surface area contributed by atoms with E-state index in [1.807, 2.05) is 45.0 Å². The molecule has 0 bridgehead atoms. The summed E-state index contributed by atoms with van der Waals surface area (Å²) in [6, 6.07) is 7.45. The molecule has 2 aliphatic rings. The predicted molar refractivity (Wildman–Crippen MR) is 88.6 cm³/mol. The molecule has 1 aromatic carbocycles. The molecule has 5 nitrogen and oxygen atoms in total. The summed E-state index contributed by atoms with van der Waals surface area (Å²) in [4.78, 5) is 12.4. The Labute approximate surface area is 147 Å². The highest BCUT2D eigenvalue weighted by Gasteiger charge is 2.57. The molecule has 3 rings (SSSR count). The van der Waals surface area contributed by atoms with Crippen LogP contribution in [0.2, 0.25) is 5.02 Å². The highest BCUT2D eigenvalue weighted by molar-refractivity contribution is 6.30. The molecule has 0 amide bonds. The molecule has 2 saturated heterocycles. The van der Waals surface area contributed by atoms with Crippen LogP contribution in [0.3, 0.4) is 0 Å². The highest BCUT2D eigenvalue weighted by atomic mass is 35.5. The van der Waals surface area contributed by atoms with E-state index in [0.29, 0.717) is 18.1 Å². The van der Waals surface area contributed by atoms with Gasteiger partial charge in [0.25, 0.3) is 0 Å². The molecule has 0 aliphatic carbocycles. The Bertz CT molecular complexity index is 603. The van der Waals surface area contributed by atoms with Crippen LogP contribution in [0.25, 0.3) is 0 Å². The van der Waals surface area contributed by atoms with Crippen LogP contribution in [0.4, 0.5) is 0 Å². The molecule has 132 valence electrons. The summed E-state index contributed by atoms with van der Waals surface area (Å²) in [6.07, 6.45) is -0.919. The van der Waals surface area contributed by atoms with Crippen LogP contribution in [0.15, 0.2) is 24.3 Å². The zero-order chi connectivity index (χ0) is 17.3. The van der Waals surface area contributed by atoms with E-state index in [-0.39, 0.29) is 5.78 Å². The second kappa shape index (κ2) is 7.10. The van der Waals surface area contributed by atoms with Gasteiger partial charge in [0.05, 0.1) is 6.61 Å². The molecule has 2 fully saturated rings. The largest absolute Gasteiger partial charge is 0.367 e. The average Bonchev–Trinajstić information content (AvgIpc) is 2.97. The van der Waals surface area contributed by atoms with E-state index in [2.05, 4.69) is 0 Å². The van der Waals surface area contributed by atoms with E-state index in [1.54, 1.807) is 0 Å². The fraction of sp³-hybridized carbons (Fsp3) is 0.611. The number of hydrogen-bond acceptors (Lipinski definition) is 5. The Morgan fingerprint density at radius 2 is 2.12 bits per heavy atom. The van der Waals surface area contributed by atoms with Crippen LogP contribution in [0.1, 0.15) is 39.2 Å². The Morgan fingerprint density at radius 3 is 2.83 bits per heavy atom. The molecular formula is C18H23ClO5. The van der Waals surface area contributed by atoms with Crippen LogP contribution < -0.4 is 0 Å². The Balaban J connectivity index is 1.73. The summed E-state index contributed by atoms with van der Waals surface area (Å²) in [6.45, 7) is 5.94. The van der Waals surface area contributed by atoms with Gasteiger partial charge < -0.3 is 18.9 Å². The molecule has 6 heteroatoms. The lowest BCUT2D eigenvalue weighted by Crippen LogP contribution is -2.40. The van der Waals surface area contributed by atoms with Crippen molar-refractivity contribution < 1.29 is 23.7 Å². The molecule has 0 radical (unpaired) electrons. The predicted octanol–water partition coefficient (Wildman–Crippen LogP) is 3.47. The van der Waals surface area contributed by atoms with Crippen molar-refractivity contribution in [2.45, 2.75) is 70.6 Å². The molecular weight excluding hydrogens is 332 g/mol. The molecule has 0 spiro atoms. The molecule has 0 unspecified atom stereocenters. The molecule has 0 N–H and O–H groups in total. The van der Waals surface area contributed by atoms with Crippen LogP contribution in [-0.2, 0) is 30.3 Å². The topological polar surface area (TPSA) is 54.0 Å². The number of halogens is 1. The van der Waals surface area contributed by atoms with Gasteiger partial charge in [0.1, 0.15) is 18.3 Å². The number of benzene rings is 1. The Morgan fingerprint density at radius 1 is 1.33 bits per heavy atom. The van der Waals surface area contributed by atoms with Crippen LogP contribution in [0, 0.1) is 0 Å². The van der Waals surface area contributed by atoms with E-state index in [4.69, 9.17) is 30.5 Å². The molecule has 1 aromatic rings. The maximum atomic E-state index is 12.4. The third-order valence-corrected chi connectivity index (χ3v) is 4.37. The molecule has 2 heterocycles. The van der Waals surface area contributed by atoms with Crippen molar-refractivity contribution in [3.05, 3.63) is 34.9 Å². The molecule has 24 heavy (non-hydrogen) atoms. The normalized spacial score (nSPS) is 31.2. The SMILES string of the molecule is CCCC(=O)[C@H]1O[C@@H]2OC(C)(C)O[C@@H]2[C@H]1OCc1cccc(Cl)c1. The quantitative estimate of drug-likeness (QED) is 0.783. The molecule has 2 aliphatic heterocycles. The van der Waals surface area contributed by atoms with Crippen molar-refractivity contribution in [3.63, 3.8) is 0 Å². The third kappa shape index (κ3) is 3.81. The van der Waals surface area contributed by atoms with Gasteiger partial charge in [-0.15, -0.1) is 0 Å². The van der Waals surface area contributed by atoms with Gasteiger partial charge >= 0.3 is 0 Å². The lowest BCUT2D eigenvalue weighted by molar-refractivity contribution is -0.218. The minimum Gasteiger partial charge on any atom is -0.367 e. The Kier molecular flexibility index (Phi) is 5.27. The number of fused-ring (bicyclic) bond motifs is 1. The summed E-state index contributed by atoms with van der Waals surface area (Å²) in [7, 11) is 0. The third-order valence-electron chi connectivity index (χ3n) is 4.14. The smallest absolute Gasteiger partial charge is 0.190 e. The zero-order valence-electron chi connectivity index (χ0n) is 14.2. The first-order valence-corrected chi connectivity index (χ1v) is 8.67. The lowest BCUT2D eigenvalue weighted by atomic mass is 10.0. The van der Waals surface area contributed by atoms with Crippen LogP contribution >= 0.6 is 11.6 Å². The van der Waals surface area contributed by atoms with Crippen molar-refractivity contribution in [1.29, 1.82) is 0 Å². The van der Waals surface area contributed by atoms with Gasteiger partial charge in [0, 0.05) is 11.4 Å².